The second-order valence-corrected chi connectivity index (χ2v) is 7.07. The predicted octanol–water partition coefficient (Wildman–Crippen LogP) is 4.10. The molecule has 0 spiro atoms. The van der Waals surface area contributed by atoms with Crippen molar-refractivity contribution in [2.75, 3.05) is 5.32 Å². The highest BCUT2D eigenvalue weighted by Gasteiger charge is 2.28. The normalized spacial score (nSPS) is 17.9. The summed E-state index contributed by atoms with van der Waals surface area (Å²) in [7, 11) is 0. The lowest BCUT2D eigenvalue weighted by molar-refractivity contribution is 0.238. The first-order valence-corrected chi connectivity index (χ1v) is 9.23. The van der Waals surface area contributed by atoms with E-state index in [1.54, 1.807) is 12.4 Å². The van der Waals surface area contributed by atoms with Crippen LogP contribution in [0.15, 0.2) is 48.4 Å². The largest absolute Gasteiger partial charge is 0.478 e. The van der Waals surface area contributed by atoms with Gasteiger partial charge in [0.1, 0.15) is 5.75 Å². The van der Waals surface area contributed by atoms with E-state index in [0.29, 0.717) is 23.3 Å². The Hall–Kier alpha value is -3.66. The van der Waals surface area contributed by atoms with Gasteiger partial charge in [-0.1, -0.05) is 18.2 Å². The summed E-state index contributed by atoms with van der Waals surface area (Å²) in [6.45, 7) is 1.92. The van der Waals surface area contributed by atoms with Crippen LogP contribution in [0.25, 0.3) is 6.08 Å². The predicted molar refractivity (Wildman–Crippen MR) is 104 cm³/mol. The number of fused-ring (bicyclic) bond motifs is 1. The maximum Gasteiger partial charge on any atom is 0.227 e. The number of hydrogen-bond donors (Lipinski definition) is 1. The first kappa shape index (κ1) is 16.5. The molecule has 2 aliphatic rings. The van der Waals surface area contributed by atoms with Crippen molar-refractivity contribution in [1.29, 1.82) is 5.26 Å². The minimum absolute atomic E-state index is 0.454. The first-order valence-electron chi connectivity index (χ1n) is 9.23. The zero-order chi connectivity index (χ0) is 19.1. The van der Waals surface area contributed by atoms with Gasteiger partial charge in [0.15, 0.2) is 6.10 Å². The Kier molecular flexibility index (Phi) is 3.83. The van der Waals surface area contributed by atoms with Crippen molar-refractivity contribution < 1.29 is 4.74 Å². The van der Waals surface area contributed by atoms with Gasteiger partial charge in [0.05, 0.1) is 35.3 Å². The van der Waals surface area contributed by atoms with Crippen LogP contribution < -0.4 is 10.1 Å². The summed E-state index contributed by atoms with van der Waals surface area (Å²) in [5, 5.41) is 17.2. The fourth-order valence-electron chi connectivity index (χ4n) is 3.29. The van der Waals surface area contributed by atoms with Crippen LogP contribution in [-0.4, -0.2) is 19.7 Å². The van der Waals surface area contributed by atoms with Gasteiger partial charge >= 0.3 is 0 Å². The molecule has 1 aliphatic carbocycles. The van der Waals surface area contributed by atoms with E-state index in [1.807, 2.05) is 48.1 Å². The summed E-state index contributed by atoms with van der Waals surface area (Å²) in [4.78, 5) is 9.03. The Morgan fingerprint density at radius 3 is 2.93 bits per heavy atom. The number of aromatic nitrogens is 4. The molecule has 1 atom stereocenters. The number of nitrogens with zero attached hydrogens (tertiary/aromatic N) is 5. The number of anilines is 2. The lowest BCUT2D eigenvalue weighted by atomic mass is 9.98. The summed E-state index contributed by atoms with van der Waals surface area (Å²) >= 11 is 0. The third kappa shape index (κ3) is 2.99. The molecule has 7 nitrogen and oxygen atoms in total. The van der Waals surface area contributed by atoms with E-state index >= 15 is 0 Å². The second-order valence-electron chi connectivity index (χ2n) is 7.07. The van der Waals surface area contributed by atoms with Gasteiger partial charge in [-0.25, -0.2) is 9.97 Å². The number of nitrogens with one attached hydrogen (secondary N) is 1. The van der Waals surface area contributed by atoms with Crippen LogP contribution in [0.1, 0.15) is 41.8 Å². The molecule has 7 heteroatoms. The van der Waals surface area contributed by atoms with Crippen molar-refractivity contribution in [3.63, 3.8) is 0 Å². The zero-order valence-corrected chi connectivity index (χ0v) is 15.3. The number of hydrogen-bond acceptors (Lipinski definition) is 6. The van der Waals surface area contributed by atoms with Gasteiger partial charge < -0.3 is 10.1 Å². The van der Waals surface area contributed by atoms with E-state index in [2.05, 4.69) is 26.5 Å². The Balaban J connectivity index is 1.46. The third-order valence-corrected chi connectivity index (χ3v) is 4.92. The number of benzene rings is 1. The van der Waals surface area contributed by atoms with Gasteiger partial charge in [0.25, 0.3) is 0 Å². The Bertz CT molecular complexity index is 1120. The number of ether oxygens (including phenoxy) is 1. The van der Waals surface area contributed by atoms with Crippen molar-refractivity contribution >= 4 is 17.7 Å². The van der Waals surface area contributed by atoms with Crippen LogP contribution in [0, 0.1) is 18.3 Å². The zero-order valence-electron chi connectivity index (χ0n) is 15.3. The van der Waals surface area contributed by atoms with E-state index in [-0.39, 0.29) is 0 Å². The summed E-state index contributed by atoms with van der Waals surface area (Å²) in [5.41, 5.74) is 3.80. The molecule has 3 heterocycles. The average molecular weight is 370 g/mol. The van der Waals surface area contributed by atoms with Gasteiger partial charge in [0, 0.05) is 18.0 Å². The number of rotatable bonds is 4. The molecular weight excluding hydrogens is 352 g/mol. The molecule has 3 aromatic rings. The van der Waals surface area contributed by atoms with Gasteiger partial charge in [-0.05, 0) is 37.5 Å². The van der Waals surface area contributed by atoms with Crippen molar-refractivity contribution in [3.05, 3.63) is 65.2 Å². The van der Waals surface area contributed by atoms with Crippen LogP contribution in [0.5, 0.6) is 5.75 Å². The second kappa shape index (κ2) is 6.50. The van der Waals surface area contributed by atoms with Crippen molar-refractivity contribution in [1.82, 2.24) is 19.7 Å². The Morgan fingerprint density at radius 2 is 2.11 bits per heavy atom. The molecule has 1 unspecified atom stereocenters. The van der Waals surface area contributed by atoms with Gasteiger partial charge in [0.2, 0.25) is 5.95 Å². The molecule has 0 bridgehead atoms. The summed E-state index contributed by atoms with van der Waals surface area (Å²) < 4.78 is 8.09. The van der Waals surface area contributed by atoms with Crippen LogP contribution in [0.4, 0.5) is 11.6 Å². The lowest BCUT2D eigenvalue weighted by Crippen LogP contribution is -2.17. The molecule has 1 aliphatic heterocycles. The van der Waals surface area contributed by atoms with Crippen molar-refractivity contribution in [3.8, 4) is 11.8 Å². The highest BCUT2D eigenvalue weighted by Crippen LogP contribution is 2.38. The van der Waals surface area contributed by atoms with E-state index in [9.17, 15) is 5.26 Å². The molecule has 1 aromatic carbocycles. The fraction of sp³-hybridized carbons (Fsp3) is 0.238. The van der Waals surface area contributed by atoms with Crippen molar-refractivity contribution in [2.24, 2.45) is 0 Å². The summed E-state index contributed by atoms with van der Waals surface area (Å²) in [6, 6.07) is 10.4. The molecule has 2 aromatic heterocycles. The lowest BCUT2D eigenvalue weighted by Gasteiger charge is -2.25. The SMILES string of the molecule is Cc1cnc(Nc2cnn(C3CC3)c2)nc1C1Oc2ccccc2C=C1C#N. The van der Waals surface area contributed by atoms with E-state index in [1.165, 1.54) is 12.8 Å². The monoisotopic (exact) mass is 370 g/mol. The highest BCUT2D eigenvalue weighted by molar-refractivity contribution is 5.67. The minimum atomic E-state index is -0.558. The minimum Gasteiger partial charge on any atom is -0.478 e. The Labute approximate surface area is 162 Å². The summed E-state index contributed by atoms with van der Waals surface area (Å²) in [5.74, 6) is 1.19. The molecule has 0 radical (unpaired) electrons. The topological polar surface area (TPSA) is 88.7 Å². The maximum absolute atomic E-state index is 9.64. The van der Waals surface area contributed by atoms with Crippen LogP contribution in [-0.2, 0) is 0 Å². The standard InChI is InChI=1S/C21H18N6O/c1-13-10-23-21(25-16-11-24-27(12-16)17-6-7-17)26-19(13)20-15(9-22)8-14-4-2-3-5-18(14)28-20/h2-5,8,10-12,17,20H,6-7H2,1H3,(H,23,25,26). The fourth-order valence-corrected chi connectivity index (χ4v) is 3.29. The van der Waals surface area contributed by atoms with Crippen LogP contribution in [0.2, 0.25) is 0 Å². The molecule has 138 valence electrons. The van der Waals surface area contributed by atoms with E-state index in [0.717, 1.165) is 22.6 Å². The van der Waals surface area contributed by atoms with E-state index in [4.69, 9.17) is 4.74 Å². The molecular formula is C21H18N6O. The average Bonchev–Trinajstić information content (AvgIpc) is 3.47. The first-order chi connectivity index (χ1) is 13.7. The maximum atomic E-state index is 9.64. The van der Waals surface area contributed by atoms with E-state index < -0.39 is 6.10 Å². The number of aryl methyl sites for hydroxylation is 1. The molecule has 1 fully saturated rings. The van der Waals surface area contributed by atoms with Crippen LogP contribution >= 0.6 is 0 Å². The molecule has 5 rings (SSSR count). The third-order valence-electron chi connectivity index (χ3n) is 4.92. The highest BCUT2D eigenvalue weighted by atomic mass is 16.5. The number of nitriles is 1. The molecule has 0 amide bonds. The molecule has 1 saturated carbocycles. The quantitative estimate of drug-likeness (QED) is 0.744. The Morgan fingerprint density at radius 1 is 1.25 bits per heavy atom. The molecule has 0 saturated heterocycles. The molecule has 1 N–H and O–H groups in total. The molecule has 28 heavy (non-hydrogen) atoms. The number of para-hydroxylation sites is 1. The van der Waals surface area contributed by atoms with Gasteiger partial charge in [-0.2, -0.15) is 10.4 Å². The smallest absolute Gasteiger partial charge is 0.227 e. The van der Waals surface area contributed by atoms with Crippen molar-refractivity contribution in [2.45, 2.75) is 31.9 Å². The summed E-state index contributed by atoms with van der Waals surface area (Å²) in [6.07, 6.45) is 9.14. The van der Waals surface area contributed by atoms with Crippen LogP contribution in [0.3, 0.4) is 0 Å². The van der Waals surface area contributed by atoms with Gasteiger partial charge in [-0.3, -0.25) is 4.68 Å². The van der Waals surface area contributed by atoms with Gasteiger partial charge in [-0.15, -0.1) is 0 Å².